The molecule has 0 amide bonds. The van der Waals surface area contributed by atoms with E-state index in [4.69, 9.17) is 11.6 Å². The molecule has 1 aromatic rings. The first kappa shape index (κ1) is 12.8. The third-order valence-corrected chi connectivity index (χ3v) is 1.72. The number of hydrogen-bond acceptors (Lipinski definition) is 5. The number of hydrogen-bond donors (Lipinski definition) is 2. The van der Waals surface area contributed by atoms with E-state index in [9.17, 15) is 8.78 Å². The summed E-state index contributed by atoms with van der Waals surface area (Å²) in [7, 11) is 0. The van der Waals surface area contributed by atoms with Crippen LogP contribution in [0.3, 0.4) is 0 Å². The molecule has 0 aliphatic carbocycles. The van der Waals surface area contributed by atoms with Crippen molar-refractivity contribution in [2.75, 3.05) is 23.7 Å². The first-order valence-corrected chi connectivity index (χ1v) is 5.17. The zero-order valence-electron chi connectivity index (χ0n) is 8.67. The predicted octanol–water partition coefficient (Wildman–Crippen LogP) is 2.02. The van der Waals surface area contributed by atoms with E-state index in [0.717, 1.165) is 6.42 Å². The van der Waals surface area contributed by atoms with Gasteiger partial charge in [-0.15, -0.1) is 0 Å². The average Bonchev–Trinajstić information content (AvgIpc) is 2.23. The van der Waals surface area contributed by atoms with Crippen molar-refractivity contribution in [3.63, 3.8) is 0 Å². The molecule has 0 aromatic carbocycles. The topological polar surface area (TPSA) is 62.7 Å². The zero-order chi connectivity index (χ0) is 12.0. The summed E-state index contributed by atoms with van der Waals surface area (Å²) in [4.78, 5) is 11.4. The third kappa shape index (κ3) is 4.52. The molecule has 0 bridgehead atoms. The van der Waals surface area contributed by atoms with E-state index in [1.165, 1.54) is 0 Å². The summed E-state index contributed by atoms with van der Waals surface area (Å²) in [6, 6.07) is 0. The summed E-state index contributed by atoms with van der Waals surface area (Å²) in [5, 5.41) is 5.22. The molecule has 5 nitrogen and oxygen atoms in total. The average molecular weight is 252 g/mol. The van der Waals surface area contributed by atoms with E-state index in [-0.39, 0.29) is 17.2 Å². The maximum atomic E-state index is 11.9. The fourth-order valence-electron chi connectivity index (χ4n) is 0.913. The second kappa shape index (κ2) is 6.37. The van der Waals surface area contributed by atoms with Gasteiger partial charge in [0, 0.05) is 6.54 Å². The monoisotopic (exact) mass is 251 g/mol. The molecule has 0 spiro atoms. The number of rotatable bonds is 6. The van der Waals surface area contributed by atoms with Crippen LogP contribution in [0, 0.1) is 0 Å². The van der Waals surface area contributed by atoms with Crippen LogP contribution < -0.4 is 10.6 Å². The van der Waals surface area contributed by atoms with Gasteiger partial charge in [-0.1, -0.05) is 6.92 Å². The predicted molar refractivity (Wildman–Crippen MR) is 58.1 cm³/mol. The van der Waals surface area contributed by atoms with Crippen molar-refractivity contribution >= 4 is 23.5 Å². The molecule has 16 heavy (non-hydrogen) atoms. The SMILES string of the molecule is CCCNc1nc(Cl)nc(NCC(F)F)n1. The zero-order valence-corrected chi connectivity index (χ0v) is 9.43. The van der Waals surface area contributed by atoms with Gasteiger partial charge >= 0.3 is 0 Å². The summed E-state index contributed by atoms with van der Waals surface area (Å²) >= 11 is 5.61. The molecule has 0 saturated heterocycles. The molecule has 2 N–H and O–H groups in total. The van der Waals surface area contributed by atoms with E-state index in [1.807, 2.05) is 6.92 Å². The normalized spacial score (nSPS) is 10.6. The second-order valence-corrected chi connectivity index (χ2v) is 3.29. The lowest BCUT2D eigenvalue weighted by Crippen LogP contribution is -2.14. The second-order valence-electron chi connectivity index (χ2n) is 2.95. The molecule has 1 aromatic heterocycles. The van der Waals surface area contributed by atoms with Crippen molar-refractivity contribution in [1.29, 1.82) is 0 Å². The number of aromatic nitrogens is 3. The summed E-state index contributed by atoms with van der Waals surface area (Å²) in [5.74, 6) is 0.317. The highest BCUT2D eigenvalue weighted by molar-refractivity contribution is 6.28. The maximum Gasteiger partial charge on any atom is 0.255 e. The van der Waals surface area contributed by atoms with Crippen LogP contribution in [0.2, 0.25) is 5.28 Å². The highest BCUT2D eigenvalue weighted by atomic mass is 35.5. The number of halogens is 3. The minimum atomic E-state index is -2.47. The third-order valence-electron chi connectivity index (χ3n) is 1.56. The van der Waals surface area contributed by atoms with Gasteiger partial charge in [0.05, 0.1) is 6.54 Å². The van der Waals surface area contributed by atoms with Crippen LogP contribution in [0.5, 0.6) is 0 Å². The minimum absolute atomic E-state index is 0.0367. The summed E-state index contributed by atoms with van der Waals surface area (Å²) in [5.41, 5.74) is 0. The van der Waals surface area contributed by atoms with Crippen molar-refractivity contribution in [2.24, 2.45) is 0 Å². The van der Waals surface area contributed by atoms with E-state index in [1.54, 1.807) is 0 Å². The highest BCUT2D eigenvalue weighted by Gasteiger charge is 2.07. The van der Waals surface area contributed by atoms with Crippen molar-refractivity contribution in [1.82, 2.24) is 15.0 Å². The van der Waals surface area contributed by atoms with Gasteiger partial charge in [0.25, 0.3) is 6.43 Å². The Morgan fingerprint density at radius 2 is 1.81 bits per heavy atom. The number of nitrogens with one attached hydrogen (secondary N) is 2. The molecule has 8 heteroatoms. The first-order valence-electron chi connectivity index (χ1n) is 4.79. The highest BCUT2D eigenvalue weighted by Crippen LogP contribution is 2.09. The van der Waals surface area contributed by atoms with Gasteiger partial charge in [-0.3, -0.25) is 0 Å². The van der Waals surface area contributed by atoms with Gasteiger partial charge < -0.3 is 10.6 Å². The molecule has 0 radical (unpaired) electrons. The first-order chi connectivity index (χ1) is 7.61. The van der Waals surface area contributed by atoms with Crippen molar-refractivity contribution in [3.05, 3.63) is 5.28 Å². The van der Waals surface area contributed by atoms with Crippen LogP contribution in [0.25, 0.3) is 0 Å². The van der Waals surface area contributed by atoms with Crippen LogP contribution in [-0.4, -0.2) is 34.5 Å². The van der Waals surface area contributed by atoms with E-state index >= 15 is 0 Å². The van der Waals surface area contributed by atoms with Gasteiger partial charge in [-0.2, -0.15) is 15.0 Å². The van der Waals surface area contributed by atoms with Crippen LogP contribution in [-0.2, 0) is 0 Å². The Balaban J connectivity index is 2.65. The Morgan fingerprint density at radius 3 is 2.38 bits per heavy atom. The Labute approximate surface area is 96.6 Å². The molecule has 90 valence electrons. The minimum Gasteiger partial charge on any atom is -0.354 e. The fourth-order valence-corrected chi connectivity index (χ4v) is 1.07. The van der Waals surface area contributed by atoms with Crippen LogP contribution >= 0.6 is 11.6 Å². The molecule has 0 fully saturated rings. The summed E-state index contributed by atoms with van der Waals surface area (Å²) in [6.07, 6.45) is -1.58. The summed E-state index contributed by atoms with van der Waals surface area (Å²) in [6.45, 7) is 2.13. The van der Waals surface area contributed by atoms with E-state index in [0.29, 0.717) is 6.54 Å². The molecule has 1 rings (SSSR count). The van der Waals surface area contributed by atoms with Crippen LogP contribution in [0.15, 0.2) is 0 Å². The van der Waals surface area contributed by atoms with Crippen LogP contribution in [0.1, 0.15) is 13.3 Å². The van der Waals surface area contributed by atoms with Crippen molar-refractivity contribution < 1.29 is 8.78 Å². The molecule has 0 saturated carbocycles. The lowest BCUT2D eigenvalue weighted by Gasteiger charge is -2.07. The molecular formula is C8H12ClF2N5. The maximum absolute atomic E-state index is 11.9. The molecule has 0 unspecified atom stereocenters. The Morgan fingerprint density at radius 1 is 1.19 bits per heavy atom. The van der Waals surface area contributed by atoms with Crippen molar-refractivity contribution in [3.8, 4) is 0 Å². The van der Waals surface area contributed by atoms with Gasteiger partial charge in [0.15, 0.2) is 0 Å². The molecule has 0 atom stereocenters. The lowest BCUT2D eigenvalue weighted by molar-refractivity contribution is 0.163. The van der Waals surface area contributed by atoms with Crippen molar-refractivity contribution in [2.45, 2.75) is 19.8 Å². The fraction of sp³-hybridized carbons (Fsp3) is 0.625. The van der Waals surface area contributed by atoms with Gasteiger partial charge in [-0.05, 0) is 18.0 Å². The number of anilines is 2. The number of alkyl halides is 2. The smallest absolute Gasteiger partial charge is 0.255 e. The Bertz CT molecular complexity index is 336. The van der Waals surface area contributed by atoms with E-state index in [2.05, 4.69) is 25.6 Å². The molecule has 0 aliphatic rings. The molecular weight excluding hydrogens is 240 g/mol. The lowest BCUT2D eigenvalue weighted by atomic mass is 10.5. The largest absolute Gasteiger partial charge is 0.354 e. The Kier molecular flexibility index (Phi) is 5.10. The molecule has 0 aliphatic heterocycles. The summed E-state index contributed by atoms with van der Waals surface area (Å²) < 4.78 is 23.9. The van der Waals surface area contributed by atoms with Gasteiger partial charge in [0.2, 0.25) is 17.2 Å². The van der Waals surface area contributed by atoms with Crippen LogP contribution in [0.4, 0.5) is 20.7 Å². The standard InChI is InChI=1S/C8H12ClF2N5/c1-2-3-12-7-14-6(9)15-8(16-7)13-4-5(10)11/h5H,2-4H2,1H3,(H2,12,13,14,15,16). The molecule has 1 heterocycles. The Hall–Kier alpha value is -1.24. The van der Waals surface area contributed by atoms with E-state index < -0.39 is 13.0 Å². The van der Waals surface area contributed by atoms with Gasteiger partial charge in [0.1, 0.15) is 0 Å². The quantitative estimate of drug-likeness (QED) is 0.810. The number of nitrogens with zero attached hydrogens (tertiary/aromatic N) is 3. The van der Waals surface area contributed by atoms with Gasteiger partial charge in [-0.25, -0.2) is 8.78 Å².